The number of hydrogen-bond acceptors (Lipinski definition) is 4. The van der Waals surface area contributed by atoms with Gasteiger partial charge in [-0.25, -0.2) is 0 Å². The average molecular weight is 298 g/mol. The maximum atomic E-state index is 10.3. The number of thiophene rings is 1. The first-order valence-electron chi connectivity index (χ1n) is 6.75. The summed E-state index contributed by atoms with van der Waals surface area (Å²) in [6.45, 7) is 3.00. The summed E-state index contributed by atoms with van der Waals surface area (Å²) in [4.78, 5) is 0.964. The summed E-state index contributed by atoms with van der Waals surface area (Å²) in [7, 11) is 0. The second-order valence-corrected chi connectivity index (χ2v) is 5.97. The Labute approximate surface area is 129 Å². The molecule has 1 unspecified atom stereocenters. The van der Waals surface area contributed by atoms with Crippen LogP contribution in [0.2, 0.25) is 0 Å². The maximum Gasteiger partial charge on any atom is 0.108 e. The normalized spacial score (nSPS) is 14.0. The van der Waals surface area contributed by atoms with Crippen molar-refractivity contribution in [1.29, 1.82) is 5.26 Å². The van der Waals surface area contributed by atoms with E-state index in [2.05, 4.69) is 11.4 Å². The molecular formula is C17H18N2OS. The van der Waals surface area contributed by atoms with Gasteiger partial charge >= 0.3 is 0 Å². The molecule has 108 valence electrons. The van der Waals surface area contributed by atoms with Crippen molar-refractivity contribution in [3.05, 3.63) is 63.9 Å². The Balaban J connectivity index is 1.79. The smallest absolute Gasteiger partial charge is 0.108 e. The highest BCUT2D eigenvalue weighted by Crippen LogP contribution is 2.24. The van der Waals surface area contributed by atoms with Crippen molar-refractivity contribution in [3.63, 3.8) is 0 Å². The largest absolute Gasteiger partial charge is 0.383 e. The van der Waals surface area contributed by atoms with E-state index < -0.39 is 5.60 Å². The van der Waals surface area contributed by atoms with E-state index in [1.165, 1.54) is 0 Å². The molecule has 0 aliphatic rings. The lowest BCUT2D eigenvalue weighted by Crippen LogP contribution is -2.34. The molecule has 0 aliphatic carbocycles. The van der Waals surface area contributed by atoms with Gasteiger partial charge in [0.25, 0.3) is 0 Å². The highest BCUT2D eigenvalue weighted by molar-refractivity contribution is 7.10. The molecule has 1 aromatic heterocycles. The van der Waals surface area contributed by atoms with Crippen LogP contribution < -0.4 is 5.32 Å². The van der Waals surface area contributed by atoms with Crippen molar-refractivity contribution in [2.24, 2.45) is 0 Å². The number of nitrogens with one attached hydrogen (secondary N) is 1. The molecule has 2 aromatic rings. The lowest BCUT2D eigenvalue weighted by molar-refractivity contribution is 0.0619. The standard InChI is InChI=1S/C17H18N2OS/c1-17(20,16-5-3-11-21-16)13-19-10-2-4-14-6-8-15(12-18)9-7-14/h2-9,11,19-20H,10,13H2,1H3/b4-2+. The van der Waals surface area contributed by atoms with Gasteiger partial charge < -0.3 is 10.4 Å². The van der Waals surface area contributed by atoms with E-state index >= 15 is 0 Å². The molecule has 1 aromatic carbocycles. The molecule has 3 nitrogen and oxygen atoms in total. The number of nitriles is 1. The molecule has 2 rings (SSSR count). The molecule has 0 bridgehead atoms. The monoisotopic (exact) mass is 298 g/mol. The second kappa shape index (κ2) is 7.19. The quantitative estimate of drug-likeness (QED) is 0.806. The molecule has 4 heteroatoms. The fourth-order valence-electron chi connectivity index (χ4n) is 1.93. The number of hydrogen-bond donors (Lipinski definition) is 2. The molecule has 0 saturated heterocycles. The van der Waals surface area contributed by atoms with Crippen LogP contribution in [0.3, 0.4) is 0 Å². The van der Waals surface area contributed by atoms with Crippen LogP contribution in [0.4, 0.5) is 0 Å². The predicted octanol–water partition coefficient (Wildman–Crippen LogP) is 3.13. The minimum Gasteiger partial charge on any atom is -0.383 e. The third-order valence-electron chi connectivity index (χ3n) is 3.13. The van der Waals surface area contributed by atoms with Crippen LogP contribution in [0, 0.1) is 11.3 Å². The fraction of sp³-hybridized carbons (Fsp3) is 0.235. The Morgan fingerprint density at radius 2 is 2.10 bits per heavy atom. The van der Waals surface area contributed by atoms with Gasteiger partial charge in [0.15, 0.2) is 0 Å². The third-order valence-corrected chi connectivity index (χ3v) is 4.26. The van der Waals surface area contributed by atoms with Crippen molar-refractivity contribution in [1.82, 2.24) is 5.32 Å². The Bertz CT molecular complexity index is 622. The van der Waals surface area contributed by atoms with Crippen LogP contribution in [0.5, 0.6) is 0 Å². The highest BCUT2D eigenvalue weighted by atomic mass is 32.1. The molecule has 0 radical (unpaired) electrons. The first kappa shape index (κ1) is 15.5. The van der Waals surface area contributed by atoms with Gasteiger partial charge in [-0.05, 0) is 36.1 Å². The number of nitrogens with zero attached hydrogens (tertiary/aromatic N) is 1. The summed E-state index contributed by atoms with van der Waals surface area (Å²) < 4.78 is 0. The molecular weight excluding hydrogens is 280 g/mol. The Morgan fingerprint density at radius 1 is 1.33 bits per heavy atom. The summed E-state index contributed by atoms with van der Waals surface area (Å²) in [5.41, 5.74) is 0.884. The predicted molar refractivity (Wildman–Crippen MR) is 87.0 cm³/mol. The molecule has 0 amide bonds. The minimum atomic E-state index is -0.837. The van der Waals surface area contributed by atoms with E-state index in [0.29, 0.717) is 18.7 Å². The van der Waals surface area contributed by atoms with Crippen molar-refractivity contribution in [2.45, 2.75) is 12.5 Å². The summed E-state index contributed by atoms with van der Waals surface area (Å²) in [5, 5.41) is 24.3. The number of rotatable bonds is 6. The first-order chi connectivity index (χ1) is 10.1. The highest BCUT2D eigenvalue weighted by Gasteiger charge is 2.22. The summed E-state index contributed by atoms with van der Waals surface area (Å²) in [6.07, 6.45) is 4.00. The van der Waals surface area contributed by atoms with Crippen LogP contribution in [0.15, 0.2) is 47.9 Å². The van der Waals surface area contributed by atoms with Gasteiger partial charge in [-0.1, -0.05) is 30.4 Å². The molecule has 0 fully saturated rings. The molecule has 0 saturated carbocycles. The van der Waals surface area contributed by atoms with Crippen molar-refractivity contribution >= 4 is 17.4 Å². The van der Waals surface area contributed by atoms with Gasteiger partial charge in [0.05, 0.1) is 11.6 Å². The maximum absolute atomic E-state index is 10.3. The zero-order chi connectivity index (χ0) is 15.1. The fourth-order valence-corrected chi connectivity index (χ4v) is 2.72. The molecule has 1 atom stereocenters. The Kier molecular flexibility index (Phi) is 5.29. The van der Waals surface area contributed by atoms with Crippen LogP contribution in [-0.4, -0.2) is 18.2 Å². The van der Waals surface area contributed by atoms with Crippen molar-refractivity contribution in [2.75, 3.05) is 13.1 Å². The minimum absolute atomic E-state index is 0.505. The van der Waals surface area contributed by atoms with E-state index in [9.17, 15) is 5.11 Å². The molecule has 2 N–H and O–H groups in total. The van der Waals surface area contributed by atoms with Crippen molar-refractivity contribution in [3.8, 4) is 6.07 Å². The summed E-state index contributed by atoms with van der Waals surface area (Å²) >= 11 is 1.56. The summed E-state index contributed by atoms with van der Waals surface area (Å²) in [6, 6.07) is 13.4. The number of aliphatic hydroxyl groups is 1. The van der Waals surface area contributed by atoms with Gasteiger partial charge in [-0.3, -0.25) is 0 Å². The van der Waals surface area contributed by atoms with Gasteiger partial charge in [-0.15, -0.1) is 11.3 Å². The lowest BCUT2D eigenvalue weighted by atomic mass is 10.1. The molecule has 0 spiro atoms. The second-order valence-electron chi connectivity index (χ2n) is 5.02. The molecule has 1 heterocycles. The van der Waals surface area contributed by atoms with Gasteiger partial charge in [0.1, 0.15) is 5.60 Å². The zero-order valence-electron chi connectivity index (χ0n) is 11.9. The Hall–Kier alpha value is -1.93. The van der Waals surface area contributed by atoms with Crippen LogP contribution >= 0.6 is 11.3 Å². The van der Waals surface area contributed by atoms with E-state index in [4.69, 9.17) is 5.26 Å². The first-order valence-corrected chi connectivity index (χ1v) is 7.63. The third kappa shape index (κ3) is 4.54. The van der Waals surface area contributed by atoms with Gasteiger partial charge in [0.2, 0.25) is 0 Å². The van der Waals surface area contributed by atoms with Gasteiger partial charge in [0, 0.05) is 18.0 Å². The summed E-state index contributed by atoms with van der Waals surface area (Å²) in [5.74, 6) is 0. The SMILES string of the molecule is CC(O)(CNC/C=C/c1ccc(C#N)cc1)c1cccs1. The van der Waals surface area contributed by atoms with E-state index in [1.54, 1.807) is 23.5 Å². The van der Waals surface area contributed by atoms with Crippen LogP contribution in [0.1, 0.15) is 22.9 Å². The van der Waals surface area contributed by atoms with Crippen LogP contribution in [0.25, 0.3) is 6.08 Å². The number of benzene rings is 1. The van der Waals surface area contributed by atoms with E-state index in [-0.39, 0.29) is 0 Å². The molecule has 21 heavy (non-hydrogen) atoms. The van der Waals surface area contributed by atoms with Crippen molar-refractivity contribution < 1.29 is 5.11 Å². The zero-order valence-corrected chi connectivity index (χ0v) is 12.7. The molecule has 0 aliphatic heterocycles. The average Bonchev–Trinajstić information content (AvgIpc) is 3.02. The lowest BCUT2D eigenvalue weighted by Gasteiger charge is -2.21. The topological polar surface area (TPSA) is 56.0 Å². The van der Waals surface area contributed by atoms with E-state index in [0.717, 1.165) is 10.4 Å². The van der Waals surface area contributed by atoms with E-state index in [1.807, 2.05) is 48.7 Å². The van der Waals surface area contributed by atoms with Crippen LogP contribution in [-0.2, 0) is 5.60 Å². The Morgan fingerprint density at radius 3 is 2.71 bits per heavy atom. The van der Waals surface area contributed by atoms with Gasteiger partial charge in [-0.2, -0.15) is 5.26 Å².